The molecular formula is C13H20O3. The molecule has 90 valence electrons. The summed E-state index contributed by atoms with van der Waals surface area (Å²) in [6, 6.07) is 0. The lowest BCUT2D eigenvalue weighted by molar-refractivity contribution is -0.144. The van der Waals surface area contributed by atoms with Gasteiger partial charge in [-0.05, 0) is 38.5 Å². The summed E-state index contributed by atoms with van der Waals surface area (Å²) in [5.74, 6) is 0.00538. The Morgan fingerprint density at radius 3 is 1.69 bits per heavy atom. The Labute approximate surface area is 96.2 Å². The third kappa shape index (κ3) is 2.45. The minimum absolute atomic E-state index is 0.165. The van der Waals surface area contributed by atoms with Gasteiger partial charge in [0.1, 0.15) is 5.78 Å². The molecule has 1 N–H and O–H groups in total. The van der Waals surface area contributed by atoms with Crippen LogP contribution in [0, 0.1) is 17.8 Å². The molecule has 3 nitrogen and oxygen atoms in total. The number of ketones is 1. The molecule has 2 saturated carbocycles. The van der Waals surface area contributed by atoms with Crippen molar-refractivity contribution in [3.05, 3.63) is 0 Å². The fourth-order valence-corrected chi connectivity index (χ4v) is 3.17. The van der Waals surface area contributed by atoms with E-state index in [-0.39, 0.29) is 11.8 Å². The van der Waals surface area contributed by atoms with Crippen molar-refractivity contribution in [2.75, 3.05) is 0 Å². The molecule has 0 aromatic rings. The fraction of sp³-hybridized carbons (Fsp3) is 0.846. The summed E-state index contributed by atoms with van der Waals surface area (Å²) in [6.45, 7) is 0. The predicted molar refractivity (Wildman–Crippen MR) is 60.0 cm³/mol. The number of Topliss-reactive ketones (excluding diaryl/α,β-unsaturated/α-hetero) is 1. The van der Waals surface area contributed by atoms with Crippen molar-refractivity contribution in [1.29, 1.82) is 0 Å². The molecule has 0 amide bonds. The Bertz CT molecular complexity index is 271. The molecule has 0 aromatic carbocycles. The SMILES string of the molecule is O=C(O)C1CCC(C(=O)C2CCCC2)CC1. The molecule has 0 radical (unpaired) electrons. The van der Waals surface area contributed by atoms with E-state index in [1.54, 1.807) is 0 Å². The predicted octanol–water partition coefficient (Wildman–Crippen LogP) is 2.64. The van der Waals surface area contributed by atoms with Gasteiger partial charge in [-0.25, -0.2) is 0 Å². The molecule has 16 heavy (non-hydrogen) atoms. The molecule has 2 aliphatic rings. The highest BCUT2D eigenvalue weighted by atomic mass is 16.4. The standard InChI is InChI=1S/C13H20O3/c14-12(9-3-1-2-4-9)10-5-7-11(8-6-10)13(15)16/h9-11H,1-8H2,(H,15,16). The molecule has 2 fully saturated rings. The van der Waals surface area contributed by atoms with E-state index in [2.05, 4.69) is 0 Å². The van der Waals surface area contributed by atoms with Crippen LogP contribution in [-0.2, 0) is 9.59 Å². The lowest BCUT2D eigenvalue weighted by Crippen LogP contribution is -2.28. The van der Waals surface area contributed by atoms with Crippen molar-refractivity contribution in [2.24, 2.45) is 17.8 Å². The number of carboxylic acids is 1. The highest BCUT2D eigenvalue weighted by molar-refractivity contribution is 5.84. The second kappa shape index (κ2) is 4.98. The molecule has 2 aliphatic carbocycles. The van der Waals surface area contributed by atoms with Gasteiger partial charge in [0, 0.05) is 11.8 Å². The molecule has 0 atom stereocenters. The average Bonchev–Trinajstić information content (AvgIpc) is 2.81. The molecule has 0 heterocycles. The van der Waals surface area contributed by atoms with Gasteiger partial charge in [0.2, 0.25) is 0 Å². The average molecular weight is 224 g/mol. The molecule has 2 rings (SSSR count). The molecule has 0 bridgehead atoms. The van der Waals surface area contributed by atoms with E-state index in [4.69, 9.17) is 5.11 Å². The molecule has 0 saturated heterocycles. The van der Waals surface area contributed by atoms with Crippen LogP contribution in [0.25, 0.3) is 0 Å². The van der Waals surface area contributed by atoms with Gasteiger partial charge in [0.15, 0.2) is 0 Å². The van der Waals surface area contributed by atoms with Gasteiger partial charge in [0.05, 0.1) is 5.92 Å². The zero-order chi connectivity index (χ0) is 11.5. The molecular weight excluding hydrogens is 204 g/mol. The number of carbonyl (C=O) groups is 2. The van der Waals surface area contributed by atoms with Crippen LogP contribution in [0.2, 0.25) is 0 Å². The summed E-state index contributed by atoms with van der Waals surface area (Å²) in [7, 11) is 0. The Morgan fingerprint density at radius 2 is 1.19 bits per heavy atom. The minimum Gasteiger partial charge on any atom is -0.481 e. The van der Waals surface area contributed by atoms with Crippen LogP contribution in [0.15, 0.2) is 0 Å². The van der Waals surface area contributed by atoms with Crippen LogP contribution < -0.4 is 0 Å². The van der Waals surface area contributed by atoms with E-state index in [1.807, 2.05) is 0 Å². The van der Waals surface area contributed by atoms with Gasteiger partial charge >= 0.3 is 5.97 Å². The first-order chi connectivity index (χ1) is 7.68. The van der Waals surface area contributed by atoms with E-state index in [0.29, 0.717) is 24.5 Å². The fourth-order valence-electron chi connectivity index (χ4n) is 3.17. The van der Waals surface area contributed by atoms with Gasteiger partial charge in [-0.2, -0.15) is 0 Å². The summed E-state index contributed by atoms with van der Waals surface area (Å²) in [5.41, 5.74) is 0. The summed E-state index contributed by atoms with van der Waals surface area (Å²) in [4.78, 5) is 22.9. The summed E-state index contributed by atoms with van der Waals surface area (Å²) in [6.07, 6.45) is 7.51. The topological polar surface area (TPSA) is 54.4 Å². The zero-order valence-electron chi connectivity index (χ0n) is 9.65. The highest BCUT2D eigenvalue weighted by Gasteiger charge is 2.33. The highest BCUT2D eigenvalue weighted by Crippen LogP contribution is 2.35. The maximum atomic E-state index is 12.1. The van der Waals surface area contributed by atoms with Crippen LogP contribution >= 0.6 is 0 Å². The first-order valence-electron chi connectivity index (χ1n) is 6.45. The van der Waals surface area contributed by atoms with Crippen molar-refractivity contribution in [2.45, 2.75) is 51.4 Å². The van der Waals surface area contributed by atoms with E-state index in [9.17, 15) is 9.59 Å². The first-order valence-corrected chi connectivity index (χ1v) is 6.45. The number of hydrogen-bond donors (Lipinski definition) is 1. The van der Waals surface area contributed by atoms with Crippen molar-refractivity contribution in [1.82, 2.24) is 0 Å². The van der Waals surface area contributed by atoms with Gasteiger partial charge in [0.25, 0.3) is 0 Å². The summed E-state index contributed by atoms with van der Waals surface area (Å²) >= 11 is 0. The van der Waals surface area contributed by atoms with Gasteiger partial charge in [-0.1, -0.05) is 12.8 Å². The monoisotopic (exact) mass is 224 g/mol. The zero-order valence-corrected chi connectivity index (χ0v) is 9.65. The number of hydrogen-bond acceptors (Lipinski definition) is 2. The van der Waals surface area contributed by atoms with Crippen LogP contribution in [0.3, 0.4) is 0 Å². The van der Waals surface area contributed by atoms with Crippen LogP contribution in [0.1, 0.15) is 51.4 Å². The number of aliphatic carboxylic acids is 1. The second-order valence-corrected chi connectivity index (χ2v) is 5.27. The summed E-state index contributed by atoms with van der Waals surface area (Å²) in [5, 5.41) is 8.89. The Kier molecular flexibility index (Phi) is 3.62. The van der Waals surface area contributed by atoms with E-state index in [1.165, 1.54) is 12.8 Å². The van der Waals surface area contributed by atoms with Crippen molar-refractivity contribution in [3.63, 3.8) is 0 Å². The maximum Gasteiger partial charge on any atom is 0.306 e. The maximum absolute atomic E-state index is 12.1. The van der Waals surface area contributed by atoms with E-state index in [0.717, 1.165) is 25.7 Å². The molecule has 0 aliphatic heterocycles. The van der Waals surface area contributed by atoms with E-state index < -0.39 is 5.97 Å². The molecule has 0 unspecified atom stereocenters. The second-order valence-electron chi connectivity index (χ2n) is 5.27. The molecule has 3 heteroatoms. The summed E-state index contributed by atoms with van der Waals surface area (Å²) < 4.78 is 0. The number of carboxylic acid groups (broad SMARTS) is 1. The first kappa shape index (κ1) is 11.6. The van der Waals surface area contributed by atoms with Crippen LogP contribution in [-0.4, -0.2) is 16.9 Å². The normalized spacial score (nSPS) is 31.5. The third-order valence-corrected chi connectivity index (χ3v) is 4.24. The smallest absolute Gasteiger partial charge is 0.306 e. The van der Waals surface area contributed by atoms with Crippen LogP contribution in [0.5, 0.6) is 0 Å². The lowest BCUT2D eigenvalue weighted by Gasteiger charge is -2.26. The number of rotatable bonds is 3. The minimum atomic E-state index is -0.688. The third-order valence-electron chi connectivity index (χ3n) is 4.24. The van der Waals surface area contributed by atoms with E-state index >= 15 is 0 Å². The van der Waals surface area contributed by atoms with Gasteiger partial charge in [-0.3, -0.25) is 9.59 Å². The largest absolute Gasteiger partial charge is 0.481 e. The molecule has 0 spiro atoms. The lowest BCUT2D eigenvalue weighted by atomic mass is 9.77. The van der Waals surface area contributed by atoms with Crippen molar-refractivity contribution >= 4 is 11.8 Å². The van der Waals surface area contributed by atoms with Gasteiger partial charge in [-0.15, -0.1) is 0 Å². The Balaban J connectivity index is 1.84. The Morgan fingerprint density at radius 1 is 0.750 bits per heavy atom. The quantitative estimate of drug-likeness (QED) is 0.801. The number of carbonyl (C=O) groups excluding carboxylic acids is 1. The van der Waals surface area contributed by atoms with Gasteiger partial charge < -0.3 is 5.11 Å². The Hall–Kier alpha value is -0.860. The molecule has 0 aromatic heterocycles. The van der Waals surface area contributed by atoms with Crippen molar-refractivity contribution in [3.8, 4) is 0 Å². The van der Waals surface area contributed by atoms with Crippen LogP contribution in [0.4, 0.5) is 0 Å². The van der Waals surface area contributed by atoms with Crippen molar-refractivity contribution < 1.29 is 14.7 Å².